The van der Waals surface area contributed by atoms with Crippen LogP contribution in [-0.2, 0) is 4.79 Å². The van der Waals surface area contributed by atoms with Gasteiger partial charge in [0.2, 0.25) is 5.91 Å². The fourth-order valence-corrected chi connectivity index (χ4v) is 3.56. The maximum Gasteiger partial charge on any atom is 0.259 e. The lowest BCUT2D eigenvalue weighted by Gasteiger charge is -2.09. The molecule has 0 atom stereocenters. The number of benzene rings is 3. The van der Waals surface area contributed by atoms with Crippen LogP contribution >= 0.6 is 0 Å². The third-order valence-corrected chi connectivity index (χ3v) is 5.57. The molecule has 0 saturated heterocycles. The van der Waals surface area contributed by atoms with Gasteiger partial charge in [-0.15, -0.1) is 0 Å². The molecule has 176 valence electrons. The minimum atomic E-state index is -0.642. The van der Waals surface area contributed by atoms with Gasteiger partial charge in [0.05, 0.1) is 17.8 Å². The van der Waals surface area contributed by atoms with E-state index in [1.165, 1.54) is 6.07 Å². The lowest BCUT2D eigenvalue weighted by molar-refractivity contribution is -0.117. The molecular formula is C27H25N5O3. The Morgan fingerprint density at radius 3 is 2.37 bits per heavy atom. The van der Waals surface area contributed by atoms with Gasteiger partial charge in [-0.25, -0.2) is 4.68 Å². The van der Waals surface area contributed by atoms with Crippen LogP contribution in [0.25, 0.3) is 16.9 Å². The predicted octanol–water partition coefficient (Wildman–Crippen LogP) is 3.62. The Hall–Kier alpha value is -4.72. The Kier molecular flexibility index (Phi) is 6.73. The summed E-state index contributed by atoms with van der Waals surface area (Å²) in [7, 11) is 0. The maximum absolute atomic E-state index is 13.4. The highest BCUT2D eigenvalue weighted by atomic mass is 16.2. The summed E-state index contributed by atoms with van der Waals surface area (Å²) in [5.74, 6) is -1.47. The second kappa shape index (κ2) is 10.0. The fourth-order valence-electron chi connectivity index (χ4n) is 3.56. The minimum Gasteiger partial charge on any atom is -0.368 e. The van der Waals surface area contributed by atoms with E-state index in [4.69, 9.17) is 10.8 Å². The van der Waals surface area contributed by atoms with Gasteiger partial charge in [0, 0.05) is 23.0 Å². The first-order valence-electron chi connectivity index (χ1n) is 11.0. The van der Waals surface area contributed by atoms with Crippen LogP contribution in [0.2, 0.25) is 0 Å². The van der Waals surface area contributed by atoms with Crippen LogP contribution in [0.15, 0.2) is 79.0 Å². The fraction of sp³-hybridized carbons (Fsp3) is 0.111. The Balaban J connectivity index is 1.67. The van der Waals surface area contributed by atoms with Crippen molar-refractivity contribution in [3.8, 4) is 16.9 Å². The molecule has 3 aromatic carbocycles. The average Bonchev–Trinajstić information content (AvgIpc) is 3.31. The summed E-state index contributed by atoms with van der Waals surface area (Å²) in [4.78, 5) is 36.6. The second-order valence-electron chi connectivity index (χ2n) is 8.15. The monoisotopic (exact) mass is 467 g/mol. The van der Waals surface area contributed by atoms with Crippen molar-refractivity contribution < 1.29 is 14.4 Å². The summed E-state index contributed by atoms with van der Waals surface area (Å²) in [5, 5.41) is 10.0. The van der Waals surface area contributed by atoms with E-state index in [2.05, 4.69) is 10.6 Å². The summed E-state index contributed by atoms with van der Waals surface area (Å²) in [6.07, 6.45) is 1.69. The van der Waals surface area contributed by atoms with Crippen molar-refractivity contribution in [2.45, 2.75) is 13.8 Å². The minimum absolute atomic E-state index is 0.270. The first-order chi connectivity index (χ1) is 16.8. The number of amides is 3. The second-order valence-corrected chi connectivity index (χ2v) is 8.15. The van der Waals surface area contributed by atoms with E-state index in [1.807, 2.05) is 62.4 Å². The quantitative estimate of drug-likeness (QED) is 0.385. The standard InChI is InChI=1S/C27H25N5O3/c1-17-11-12-19(13-18(17)2)25-23(16-32(31-25)22-9-4-3-5-10-22)27(35)30-21-8-6-7-20(14-21)26(34)29-15-24(28)33/h3-14,16H,15H2,1-2H3,(H2,28,33)(H,29,34)(H,30,35). The predicted molar refractivity (Wildman–Crippen MR) is 134 cm³/mol. The molecule has 8 nitrogen and oxygen atoms in total. The zero-order valence-corrected chi connectivity index (χ0v) is 19.4. The van der Waals surface area contributed by atoms with Gasteiger partial charge in [-0.2, -0.15) is 5.10 Å². The molecule has 0 aliphatic carbocycles. The first kappa shape index (κ1) is 23.4. The van der Waals surface area contributed by atoms with Crippen molar-refractivity contribution in [3.63, 3.8) is 0 Å². The van der Waals surface area contributed by atoms with Gasteiger partial charge in [-0.1, -0.05) is 36.4 Å². The van der Waals surface area contributed by atoms with Crippen LogP contribution in [-0.4, -0.2) is 34.0 Å². The number of hydrogen-bond donors (Lipinski definition) is 3. The normalized spacial score (nSPS) is 10.6. The van der Waals surface area contributed by atoms with E-state index in [0.29, 0.717) is 22.5 Å². The third-order valence-electron chi connectivity index (χ3n) is 5.57. The molecule has 1 aromatic heterocycles. The number of nitrogens with zero attached hydrogens (tertiary/aromatic N) is 2. The van der Waals surface area contributed by atoms with E-state index in [-0.39, 0.29) is 12.5 Å². The van der Waals surface area contributed by atoms with Gasteiger partial charge in [-0.05, 0) is 61.4 Å². The molecule has 0 unspecified atom stereocenters. The number of hydrogen-bond acceptors (Lipinski definition) is 4. The summed E-state index contributed by atoms with van der Waals surface area (Å²) in [6.45, 7) is 3.77. The van der Waals surface area contributed by atoms with E-state index in [9.17, 15) is 14.4 Å². The number of nitrogens with two attached hydrogens (primary N) is 1. The van der Waals surface area contributed by atoms with Crippen molar-refractivity contribution in [3.05, 3.63) is 101 Å². The van der Waals surface area contributed by atoms with Gasteiger partial charge in [-0.3, -0.25) is 14.4 Å². The number of aryl methyl sites for hydroxylation is 2. The molecule has 4 N–H and O–H groups in total. The number of carbonyl (C=O) groups excluding carboxylic acids is 3. The van der Waals surface area contributed by atoms with Gasteiger partial charge >= 0.3 is 0 Å². The molecule has 35 heavy (non-hydrogen) atoms. The van der Waals surface area contributed by atoms with Crippen LogP contribution in [0, 0.1) is 13.8 Å². The molecule has 0 aliphatic heterocycles. The van der Waals surface area contributed by atoms with Crippen LogP contribution in [0.4, 0.5) is 5.69 Å². The topological polar surface area (TPSA) is 119 Å². The molecule has 0 spiro atoms. The van der Waals surface area contributed by atoms with E-state index >= 15 is 0 Å². The molecule has 3 amide bonds. The number of para-hydroxylation sites is 1. The highest BCUT2D eigenvalue weighted by Crippen LogP contribution is 2.27. The van der Waals surface area contributed by atoms with Gasteiger partial charge in [0.1, 0.15) is 5.69 Å². The summed E-state index contributed by atoms with van der Waals surface area (Å²) >= 11 is 0. The van der Waals surface area contributed by atoms with Crippen LogP contribution in [0.1, 0.15) is 31.8 Å². The zero-order chi connectivity index (χ0) is 24.9. The molecule has 0 bridgehead atoms. The molecule has 1 heterocycles. The molecular weight excluding hydrogens is 442 g/mol. The molecule has 0 fully saturated rings. The smallest absolute Gasteiger partial charge is 0.259 e. The largest absolute Gasteiger partial charge is 0.368 e. The number of nitrogens with one attached hydrogen (secondary N) is 2. The van der Waals surface area contributed by atoms with Gasteiger partial charge < -0.3 is 16.4 Å². The van der Waals surface area contributed by atoms with E-state index in [1.54, 1.807) is 29.1 Å². The number of anilines is 1. The maximum atomic E-state index is 13.4. The van der Waals surface area contributed by atoms with Crippen LogP contribution < -0.4 is 16.4 Å². The Morgan fingerprint density at radius 1 is 0.886 bits per heavy atom. The van der Waals surface area contributed by atoms with E-state index < -0.39 is 11.8 Å². The highest BCUT2D eigenvalue weighted by Gasteiger charge is 2.20. The molecule has 0 aliphatic rings. The van der Waals surface area contributed by atoms with Crippen molar-refractivity contribution in [2.75, 3.05) is 11.9 Å². The Labute approximate surface area is 202 Å². The molecule has 8 heteroatoms. The lowest BCUT2D eigenvalue weighted by atomic mass is 10.0. The van der Waals surface area contributed by atoms with Gasteiger partial charge in [0.25, 0.3) is 11.8 Å². The van der Waals surface area contributed by atoms with Crippen LogP contribution in [0.3, 0.4) is 0 Å². The Bertz CT molecular complexity index is 1410. The van der Waals surface area contributed by atoms with Crippen molar-refractivity contribution >= 4 is 23.4 Å². The highest BCUT2D eigenvalue weighted by molar-refractivity contribution is 6.08. The van der Waals surface area contributed by atoms with Crippen molar-refractivity contribution in [2.24, 2.45) is 5.73 Å². The number of rotatable bonds is 7. The van der Waals surface area contributed by atoms with Crippen molar-refractivity contribution in [1.29, 1.82) is 0 Å². The van der Waals surface area contributed by atoms with Gasteiger partial charge in [0.15, 0.2) is 0 Å². The number of aromatic nitrogens is 2. The summed E-state index contributed by atoms with van der Waals surface area (Å²) in [5.41, 5.74) is 10.6. The lowest BCUT2D eigenvalue weighted by Crippen LogP contribution is -2.33. The van der Waals surface area contributed by atoms with Crippen LogP contribution in [0.5, 0.6) is 0 Å². The zero-order valence-electron chi connectivity index (χ0n) is 19.4. The summed E-state index contributed by atoms with van der Waals surface area (Å²) < 4.78 is 1.67. The van der Waals surface area contributed by atoms with E-state index in [0.717, 1.165) is 22.4 Å². The number of primary amides is 1. The molecule has 0 radical (unpaired) electrons. The molecule has 4 aromatic rings. The SMILES string of the molecule is Cc1ccc(-c2nn(-c3ccccc3)cc2C(=O)Nc2cccc(C(=O)NCC(N)=O)c2)cc1C. The average molecular weight is 468 g/mol. The third kappa shape index (κ3) is 5.44. The summed E-state index contributed by atoms with van der Waals surface area (Å²) in [6, 6.07) is 21.9. The number of carbonyl (C=O) groups is 3. The molecule has 0 saturated carbocycles. The Morgan fingerprint density at radius 2 is 1.66 bits per heavy atom. The molecule has 4 rings (SSSR count). The van der Waals surface area contributed by atoms with Crippen molar-refractivity contribution in [1.82, 2.24) is 15.1 Å². The first-order valence-corrected chi connectivity index (χ1v) is 11.0.